The zero-order chi connectivity index (χ0) is 14.3. The van der Waals surface area contributed by atoms with Crippen molar-refractivity contribution < 1.29 is 13.2 Å². The fraction of sp³-hybridized carbons (Fsp3) is 0.615. The summed E-state index contributed by atoms with van der Waals surface area (Å²) >= 11 is 0. The largest absolute Gasteiger partial charge is 0.347 e. The quantitative estimate of drug-likeness (QED) is 0.881. The topological polar surface area (TPSA) is 89.0 Å². The molecule has 1 aliphatic carbocycles. The number of aryl methyl sites for hydroxylation is 1. The van der Waals surface area contributed by atoms with E-state index in [2.05, 4.69) is 15.3 Å². The van der Waals surface area contributed by atoms with Crippen molar-refractivity contribution in [2.24, 2.45) is 0 Å². The fourth-order valence-electron chi connectivity index (χ4n) is 2.40. The van der Waals surface area contributed by atoms with Gasteiger partial charge in [0.25, 0.3) is 5.91 Å². The van der Waals surface area contributed by atoms with Crippen LogP contribution in [0, 0.1) is 6.92 Å². The van der Waals surface area contributed by atoms with Crippen LogP contribution in [0.2, 0.25) is 0 Å². The molecule has 1 saturated heterocycles. The van der Waals surface area contributed by atoms with E-state index >= 15 is 0 Å². The summed E-state index contributed by atoms with van der Waals surface area (Å²) in [6.07, 6.45) is 2.63. The van der Waals surface area contributed by atoms with Gasteiger partial charge in [-0.05, 0) is 32.3 Å². The van der Waals surface area contributed by atoms with E-state index < -0.39 is 9.84 Å². The molecular formula is C13H17N3O3S. The normalized spacial score (nSPS) is 24.6. The summed E-state index contributed by atoms with van der Waals surface area (Å²) in [4.78, 5) is 20.8. The van der Waals surface area contributed by atoms with Crippen LogP contribution in [-0.2, 0) is 9.84 Å². The minimum absolute atomic E-state index is 0.0261. The highest BCUT2D eigenvalue weighted by Gasteiger charge is 2.31. The number of carbonyl (C=O) groups is 1. The summed E-state index contributed by atoms with van der Waals surface area (Å²) < 4.78 is 22.8. The average molecular weight is 295 g/mol. The first-order valence-corrected chi connectivity index (χ1v) is 8.62. The standard InChI is InChI=1S/C13H17N3O3S/c1-8-6-11(16-12(14-8)9-2-3-9)13(17)15-10-4-5-20(18,19)7-10/h6,9-10H,2-5,7H2,1H3,(H,15,17). The fourth-order valence-corrected chi connectivity index (χ4v) is 4.07. The molecule has 1 amide bonds. The van der Waals surface area contributed by atoms with E-state index in [-0.39, 0.29) is 23.5 Å². The Morgan fingerprint density at radius 3 is 2.65 bits per heavy atom. The van der Waals surface area contributed by atoms with Gasteiger partial charge in [0.1, 0.15) is 11.5 Å². The maximum absolute atomic E-state index is 12.2. The second kappa shape index (κ2) is 4.80. The van der Waals surface area contributed by atoms with Crippen LogP contribution in [0.1, 0.15) is 47.2 Å². The van der Waals surface area contributed by atoms with E-state index in [0.717, 1.165) is 24.4 Å². The summed E-state index contributed by atoms with van der Waals surface area (Å²) in [7, 11) is -2.99. The summed E-state index contributed by atoms with van der Waals surface area (Å²) in [6, 6.07) is 1.34. The van der Waals surface area contributed by atoms with Gasteiger partial charge in [0.05, 0.1) is 11.5 Å². The van der Waals surface area contributed by atoms with E-state index in [9.17, 15) is 13.2 Å². The van der Waals surface area contributed by atoms with Crippen molar-refractivity contribution in [3.8, 4) is 0 Å². The number of rotatable bonds is 3. The second-order valence-corrected chi connectivity index (χ2v) is 7.83. The van der Waals surface area contributed by atoms with Gasteiger partial charge in [-0.25, -0.2) is 18.4 Å². The van der Waals surface area contributed by atoms with E-state index in [1.807, 2.05) is 6.92 Å². The Kier molecular flexibility index (Phi) is 3.24. The van der Waals surface area contributed by atoms with Crippen molar-refractivity contribution >= 4 is 15.7 Å². The molecule has 1 aromatic rings. The third-order valence-electron chi connectivity index (χ3n) is 3.61. The third kappa shape index (κ3) is 2.98. The number of amides is 1. The molecule has 1 aromatic heterocycles. The van der Waals surface area contributed by atoms with Crippen molar-refractivity contribution in [2.75, 3.05) is 11.5 Å². The molecule has 20 heavy (non-hydrogen) atoms. The van der Waals surface area contributed by atoms with Crippen molar-refractivity contribution in [1.29, 1.82) is 0 Å². The first-order valence-electron chi connectivity index (χ1n) is 6.80. The lowest BCUT2D eigenvalue weighted by Gasteiger charge is -2.11. The van der Waals surface area contributed by atoms with Crippen LogP contribution in [0.3, 0.4) is 0 Å². The lowest BCUT2D eigenvalue weighted by Crippen LogP contribution is -2.36. The van der Waals surface area contributed by atoms with Crippen LogP contribution in [0.15, 0.2) is 6.07 Å². The maximum Gasteiger partial charge on any atom is 0.270 e. The molecule has 2 fully saturated rings. The van der Waals surface area contributed by atoms with Gasteiger partial charge in [-0.2, -0.15) is 0 Å². The van der Waals surface area contributed by atoms with Crippen molar-refractivity contribution in [1.82, 2.24) is 15.3 Å². The molecular weight excluding hydrogens is 278 g/mol. The number of nitrogens with one attached hydrogen (secondary N) is 1. The Balaban J connectivity index is 1.74. The minimum Gasteiger partial charge on any atom is -0.347 e. The summed E-state index contributed by atoms with van der Waals surface area (Å²) in [6.45, 7) is 1.84. The van der Waals surface area contributed by atoms with Gasteiger partial charge >= 0.3 is 0 Å². The Labute approximate surface area is 117 Å². The molecule has 0 bridgehead atoms. The van der Waals surface area contributed by atoms with Gasteiger partial charge in [-0.15, -0.1) is 0 Å². The monoisotopic (exact) mass is 295 g/mol. The number of nitrogens with zero attached hydrogens (tertiary/aromatic N) is 2. The zero-order valence-corrected chi connectivity index (χ0v) is 12.1. The molecule has 6 nitrogen and oxygen atoms in total. The Morgan fingerprint density at radius 2 is 2.05 bits per heavy atom. The molecule has 108 valence electrons. The molecule has 1 unspecified atom stereocenters. The van der Waals surface area contributed by atoms with Crippen LogP contribution >= 0.6 is 0 Å². The predicted octanol–water partition coefficient (Wildman–Crippen LogP) is 0.579. The van der Waals surface area contributed by atoms with Gasteiger partial charge in [0.15, 0.2) is 9.84 Å². The molecule has 3 rings (SSSR count). The first kappa shape index (κ1) is 13.5. The van der Waals surface area contributed by atoms with Crippen molar-refractivity contribution in [2.45, 2.75) is 38.1 Å². The van der Waals surface area contributed by atoms with Gasteiger partial charge in [0, 0.05) is 17.7 Å². The predicted molar refractivity (Wildman–Crippen MR) is 73.3 cm³/mol. The molecule has 0 radical (unpaired) electrons. The van der Waals surface area contributed by atoms with Crippen LogP contribution in [0.25, 0.3) is 0 Å². The van der Waals surface area contributed by atoms with Crippen LogP contribution in [0.4, 0.5) is 0 Å². The molecule has 2 aliphatic rings. The van der Waals surface area contributed by atoms with Gasteiger partial charge in [-0.3, -0.25) is 4.79 Å². The Morgan fingerprint density at radius 1 is 1.30 bits per heavy atom. The number of sulfone groups is 1. The molecule has 1 aliphatic heterocycles. The second-order valence-electron chi connectivity index (χ2n) is 5.60. The zero-order valence-electron chi connectivity index (χ0n) is 11.3. The van der Waals surface area contributed by atoms with E-state index in [0.29, 0.717) is 18.0 Å². The Bertz CT molecular complexity index is 653. The average Bonchev–Trinajstić information content (AvgIpc) is 3.14. The molecule has 1 saturated carbocycles. The number of hydrogen-bond acceptors (Lipinski definition) is 5. The summed E-state index contributed by atoms with van der Waals surface area (Å²) in [5, 5.41) is 2.76. The van der Waals surface area contributed by atoms with Crippen molar-refractivity contribution in [3.63, 3.8) is 0 Å². The maximum atomic E-state index is 12.2. The lowest BCUT2D eigenvalue weighted by atomic mass is 10.2. The minimum atomic E-state index is -2.99. The van der Waals surface area contributed by atoms with Gasteiger partial charge in [0.2, 0.25) is 0 Å². The Hall–Kier alpha value is -1.50. The first-order chi connectivity index (χ1) is 9.43. The number of carbonyl (C=O) groups excluding carboxylic acids is 1. The van der Waals surface area contributed by atoms with Gasteiger partial charge in [-0.1, -0.05) is 0 Å². The molecule has 7 heteroatoms. The summed E-state index contributed by atoms with van der Waals surface area (Å²) in [5.41, 5.74) is 1.11. The van der Waals surface area contributed by atoms with Crippen LogP contribution in [-0.4, -0.2) is 41.8 Å². The van der Waals surface area contributed by atoms with Gasteiger partial charge < -0.3 is 5.32 Å². The molecule has 0 spiro atoms. The van der Waals surface area contributed by atoms with E-state index in [1.165, 1.54) is 0 Å². The highest BCUT2D eigenvalue weighted by atomic mass is 32.2. The van der Waals surface area contributed by atoms with Crippen LogP contribution < -0.4 is 5.32 Å². The number of hydrogen-bond donors (Lipinski definition) is 1. The molecule has 1 atom stereocenters. The summed E-state index contributed by atoms with van der Waals surface area (Å²) in [5.74, 6) is 0.980. The lowest BCUT2D eigenvalue weighted by molar-refractivity contribution is 0.0935. The van der Waals surface area contributed by atoms with Crippen molar-refractivity contribution in [3.05, 3.63) is 23.3 Å². The molecule has 2 heterocycles. The number of aromatic nitrogens is 2. The SMILES string of the molecule is Cc1cc(C(=O)NC2CCS(=O)(=O)C2)nc(C2CC2)n1. The van der Waals surface area contributed by atoms with E-state index in [1.54, 1.807) is 6.07 Å². The molecule has 0 aromatic carbocycles. The van der Waals surface area contributed by atoms with E-state index in [4.69, 9.17) is 0 Å². The third-order valence-corrected chi connectivity index (χ3v) is 5.38. The molecule has 1 N–H and O–H groups in total. The smallest absolute Gasteiger partial charge is 0.270 e. The highest BCUT2D eigenvalue weighted by Crippen LogP contribution is 2.38. The van der Waals surface area contributed by atoms with Crippen LogP contribution in [0.5, 0.6) is 0 Å². The highest BCUT2D eigenvalue weighted by molar-refractivity contribution is 7.91.